The number of nitrogens with one attached hydrogen (secondary N) is 1. The summed E-state index contributed by atoms with van der Waals surface area (Å²) >= 11 is 0. The molecular formula is C13H25NO5S. The van der Waals surface area contributed by atoms with Crippen LogP contribution in [0.25, 0.3) is 0 Å². The minimum absolute atomic E-state index is 0.0496. The molecule has 0 aromatic rings. The van der Waals surface area contributed by atoms with Crippen LogP contribution in [0.2, 0.25) is 0 Å². The number of carboxylic acids is 1. The quantitative estimate of drug-likeness (QED) is 0.732. The van der Waals surface area contributed by atoms with Crippen molar-refractivity contribution in [2.45, 2.75) is 45.8 Å². The molecule has 0 saturated carbocycles. The molecule has 0 aromatic heterocycles. The summed E-state index contributed by atoms with van der Waals surface area (Å²) in [6.45, 7) is 8.30. The normalized spacial score (nSPS) is 14.1. The van der Waals surface area contributed by atoms with Gasteiger partial charge >= 0.3 is 5.97 Å². The van der Waals surface area contributed by atoms with Gasteiger partial charge in [-0.2, -0.15) is 0 Å². The van der Waals surface area contributed by atoms with Crippen LogP contribution in [0.5, 0.6) is 0 Å². The number of carbonyl (C=O) groups is 2. The maximum absolute atomic E-state index is 11.8. The van der Waals surface area contributed by atoms with Gasteiger partial charge in [0.2, 0.25) is 5.91 Å². The monoisotopic (exact) mass is 307 g/mol. The van der Waals surface area contributed by atoms with E-state index < -0.39 is 38.1 Å². The van der Waals surface area contributed by atoms with Crippen molar-refractivity contribution < 1.29 is 23.1 Å². The first-order valence-electron chi connectivity index (χ1n) is 6.58. The van der Waals surface area contributed by atoms with E-state index in [0.29, 0.717) is 6.42 Å². The number of sulfone groups is 1. The highest BCUT2D eigenvalue weighted by Gasteiger charge is 2.31. The molecule has 0 radical (unpaired) electrons. The zero-order valence-corrected chi connectivity index (χ0v) is 13.6. The Balaban J connectivity index is 4.52. The maximum Gasteiger partial charge on any atom is 0.308 e. The molecule has 0 aliphatic carbocycles. The highest BCUT2D eigenvalue weighted by molar-refractivity contribution is 7.93. The average molecular weight is 307 g/mol. The zero-order valence-electron chi connectivity index (χ0n) is 12.8. The lowest BCUT2D eigenvalue weighted by Gasteiger charge is -2.19. The van der Waals surface area contributed by atoms with E-state index in [2.05, 4.69) is 5.32 Å². The highest BCUT2D eigenvalue weighted by atomic mass is 32.2. The minimum Gasteiger partial charge on any atom is -0.481 e. The first kappa shape index (κ1) is 18.9. The number of carboxylic acid groups (broad SMARTS) is 1. The molecule has 0 aliphatic rings. The van der Waals surface area contributed by atoms with Crippen LogP contribution in [0, 0.1) is 11.8 Å². The molecule has 1 atom stereocenters. The standard InChI is InChI=1S/C13H25NO5S/c1-9(2)6-10(12(16)17)7-14-11(15)8-20(18,19)13(3,4)5/h9-10H,6-8H2,1-5H3,(H,14,15)(H,16,17). The minimum atomic E-state index is -3.55. The molecule has 0 fully saturated rings. The third kappa shape index (κ3) is 6.36. The smallest absolute Gasteiger partial charge is 0.308 e. The summed E-state index contributed by atoms with van der Waals surface area (Å²) in [6, 6.07) is 0. The average Bonchev–Trinajstić information content (AvgIpc) is 2.20. The lowest BCUT2D eigenvalue weighted by Crippen LogP contribution is -2.41. The molecule has 0 heterocycles. The van der Waals surface area contributed by atoms with Crippen molar-refractivity contribution >= 4 is 21.7 Å². The SMILES string of the molecule is CC(C)CC(CNC(=O)CS(=O)(=O)C(C)(C)C)C(=O)O. The van der Waals surface area contributed by atoms with Crippen LogP contribution in [0.15, 0.2) is 0 Å². The summed E-state index contributed by atoms with van der Waals surface area (Å²) in [4.78, 5) is 22.7. The van der Waals surface area contributed by atoms with Gasteiger partial charge in [0.05, 0.1) is 10.7 Å². The van der Waals surface area contributed by atoms with Gasteiger partial charge < -0.3 is 10.4 Å². The summed E-state index contributed by atoms with van der Waals surface area (Å²) in [5.74, 6) is -2.78. The van der Waals surface area contributed by atoms with Gasteiger partial charge in [0, 0.05) is 6.54 Å². The first-order valence-corrected chi connectivity index (χ1v) is 8.24. The van der Waals surface area contributed by atoms with Gasteiger partial charge in [-0.05, 0) is 33.1 Å². The van der Waals surface area contributed by atoms with E-state index in [1.165, 1.54) is 20.8 Å². The predicted molar refractivity (Wildman–Crippen MR) is 77.1 cm³/mol. The summed E-state index contributed by atoms with van der Waals surface area (Å²) in [5.41, 5.74) is 0. The second-order valence-electron chi connectivity index (χ2n) is 6.34. The van der Waals surface area contributed by atoms with Gasteiger partial charge in [0.15, 0.2) is 9.84 Å². The van der Waals surface area contributed by atoms with Crippen molar-refractivity contribution in [2.75, 3.05) is 12.3 Å². The van der Waals surface area contributed by atoms with Gasteiger partial charge in [0.25, 0.3) is 0 Å². The molecule has 0 saturated heterocycles. The molecule has 0 bridgehead atoms. The summed E-state index contributed by atoms with van der Waals surface area (Å²) in [7, 11) is -3.55. The van der Waals surface area contributed by atoms with E-state index in [1.54, 1.807) is 0 Å². The molecule has 118 valence electrons. The molecule has 2 N–H and O–H groups in total. The molecule has 0 rings (SSSR count). The Hall–Kier alpha value is -1.11. The Morgan fingerprint density at radius 1 is 1.20 bits per heavy atom. The van der Waals surface area contributed by atoms with E-state index >= 15 is 0 Å². The maximum atomic E-state index is 11.8. The summed E-state index contributed by atoms with van der Waals surface area (Å²) < 4.78 is 22.7. The number of aliphatic carboxylic acids is 1. The van der Waals surface area contributed by atoms with Crippen LogP contribution in [0.3, 0.4) is 0 Å². The van der Waals surface area contributed by atoms with Crippen LogP contribution in [-0.2, 0) is 19.4 Å². The topological polar surface area (TPSA) is 101 Å². The largest absolute Gasteiger partial charge is 0.481 e. The molecule has 20 heavy (non-hydrogen) atoms. The lowest BCUT2D eigenvalue weighted by molar-refractivity contribution is -0.142. The second kappa shape index (κ2) is 7.06. The Morgan fingerprint density at radius 2 is 1.70 bits per heavy atom. The first-order chi connectivity index (χ1) is 8.86. The van der Waals surface area contributed by atoms with Crippen LogP contribution < -0.4 is 5.32 Å². The molecular weight excluding hydrogens is 282 g/mol. The Morgan fingerprint density at radius 3 is 2.05 bits per heavy atom. The van der Waals surface area contributed by atoms with Gasteiger partial charge in [-0.1, -0.05) is 13.8 Å². The third-order valence-electron chi connectivity index (χ3n) is 2.90. The van der Waals surface area contributed by atoms with E-state index in [9.17, 15) is 18.0 Å². The van der Waals surface area contributed by atoms with Gasteiger partial charge in [-0.15, -0.1) is 0 Å². The van der Waals surface area contributed by atoms with Crippen LogP contribution in [-0.4, -0.2) is 42.4 Å². The van der Waals surface area contributed by atoms with Gasteiger partial charge in [0.1, 0.15) is 5.75 Å². The van der Waals surface area contributed by atoms with Crippen molar-refractivity contribution in [3.8, 4) is 0 Å². The van der Waals surface area contributed by atoms with E-state index in [1.807, 2.05) is 13.8 Å². The van der Waals surface area contributed by atoms with Crippen LogP contribution >= 0.6 is 0 Å². The van der Waals surface area contributed by atoms with Gasteiger partial charge in [-0.25, -0.2) is 8.42 Å². The Labute approximate surface area is 120 Å². The summed E-state index contributed by atoms with van der Waals surface area (Å²) in [6.07, 6.45) is 0.432. The van der Waals surface area contributed by atoms with Crippen LogP contribution in [0.4, 0.5) is 0 Å². The lowest BCUT2D eigenvalue weighted by atomic mass is 9.97. The molecule has 0 aliphatic heterocycles. The highest BCUT2D eigenvalue weighted by Crippen LogP contribution is 2.16. The van der Waals surface area contributed by atoms with E-state index in [4.69, 9.17) is 5.11 Å². The Kier molecular flexibility index (Phi) is 6.67. The molecule has 1 amide bonds. The number of hydrogen-bond donors (Lipinski definition) is 2. The number of amides is 1. The molecule has 0 spiro atoms. The van der Waals surface area contributed by atoms with Crippen LogP contribution in [0.1, 0.15) is 41.0 Å². The van der Waals surface area contributed by atoms with Crippen molar-refractivity contribution in [1.82, 2.24) is 5.32 Å². The number of carbonyl (C=O) groups excluding carboxylic acids is 1. The van der Waals surface area contributed by atoms with Crippen molar-refractivity contribution in [2.24, 2.45) is 11.8 Å². The van der Waals surface area contributed by atoms with Crippen molar-refractivity contribution in [3.63, 3.8) is 0 Å². The van der Waals surface area contributed by atoms with Crippen molar-refractivity contribution in [3.05, 3.63) is 0 Å². The third-order valence-corrected chi connectivity index (χ3v) is 5.41. The summed E-state index contributed by atoms with van der Waals surface area (Å²) in [5, 5.41) is 11.4. The number of hydrogen-bond acceptors (Lipinski definition) is 4. The molecule has 7 heteroatoms. The number of rotatable bonds is 7. The fourth-order valence-corrected chi connectivity index (χ4v) is 2.40. The zero-order chi connectivity index (χ0) is 16.1. The molecule has 0 aromatic carbocycles. The van der Waals surface area contributed by atoms with Gasteiger partial charge in [-0.3, -0.25) is 9.59 Å². The molecule has 6 nitrogen and oxygen atoms in total. The van der Waals surface area contributed by atoms with E-state index in [0.717, 1.165) is 0 Å². The molecule has 1 unspecified atom stereocenters. The fourth-order valence-electron chi connectivity index (χ4n) is 1.52. The second-order valence-corrected chi connectivity index (χ2v) is 9.08. The predicted octanol–water partition coefficient (Wildman–Crippen LogP) is 1.06. The van der Waals surface area contributed by atoms with E-state index in [-0.39, 0.29) is 12.5 Å². The Bertz CT molecular complexity index is 448. The van der Waals surface area contributed by atoms with Crippen molar-refractivity contribution in [1.29, 1.82) is 0 Å². The fraction of sp³-hybridized carbons (Fsp3) is 0.846.